The Morgan fingerprint density at radius 3 is 2.55 bits per heavy atom. The summed E-state index contributed by atoms with van der Waals surface area (Å²) < 4.78 is 18.9. The van der Waals surface area contributed by atoms with Crippen LogP contribution in [0.4, 0.5) is 26.2 Å². The normalized spacial score (nSPS) is 12.4. The zero-order chi connectivity index (χ0) is 24.0. The predicted molar refractivity (Wildman–Crippen MR) is 136 cm³/mol. The molecule has 0 saturated carbocycles. The van der Waals surface area contributed by atoms with Crippen LogP contribution in [0, 0.1) is 5.82 Å². The van der Waals surface area contributed by atoms with Crippen molar-refractivity contribution in [2.24, 2.45) is 0 Å². The minimum absolute atomic E-state index is 0.182. The molecule has 10 heteroatoms. The van der Waals surface area contributed by atoms with Gasteiger partial charge in [0.15, 0.2) is 0 Å². The summed E-state index contributed by atoms with van der Waals surface area (Å²) in [6, 6.07) is 12.8. The molecule has 33 heavy (non-hydrogen) atoms. The SMILES string of the molecule is CC.CNc1ccc2c(c1)CCN(c1ccc(NC(=O)NSc3ccc(Cl)s3)cc1F)C2=O. The molecule has 0 radical (unpaired) electrons. The second kappa shape index (κ2) is 11.4. The van der Waals surface area contributed by atoms with Gasteiger partial charge < -0.3 is 15.5 Å². The van der Waals surface area contributed by atoms with E-state index in [-0.39, 0.29) is 17.3 Å². The summed E-state index contributed by atoms with van der Waals surface area (Å²) in [5.74, 6) is -0.827. The van der Waals surface area contributed by atoms with Gasteiger partial charge in [0.25, 0.3) is 5.91 Å². The number of hydrogen-bond donors (Lipinski definition) is 3. The summed E-state index contributed by atoms with van der Waals surface area (Å²) in [4.78, 5) is 26.4. The highest BCUT2D eigenvalue weighted by atomic mass is 35.5. The Bertz CT molecular complexity index is 1160. The van der Waals surface area contributed by atoms with Gasteiger partial charge >= 0.3 is 6.03 Å². The number of nitrogens with zero attached hydrogens (tertiary/aromatic N) is 1. The summed E-state index contributed by atoms with van der Waals surface area (Å²) in [7, 11) is 1.82. The first-order chi connectivity index (χ1) is 15.9. The van der Waals surface area contributed by atoms with E-state index < -0.39 is 11.8 Å². The van der Waals surface area contributed by atoms with Crippen molar-refractivity contribution in [1.29, 1.82) is 0 Å². The lowest BCUT2D eigenvalue weighted by Gasteiger charge is -2.29. The Labute approximate surface area is 205 Å². The van der Waals surface area contributed by atoms with E-state index in [0.29, 0.717) is 22.9 Å². The predicted octanol–water partition coefficient (Wildman–Crippen LogP) is 6.64. The quantitative estimate of drug-likeness (QED) is 0.339. The van der Waals surface area contributed by atoms with Crippen LogP contribution in [0.15, 0.2) is 52.7 Å². The molecule has 4 rings (SSSR count). The minimum atomic E-state index is -0.584. The van der Waals surface area contributed by atoms with Crippen LogP contribution in [-0.2, 0) is 6.42 Å². The van der Waals surface area contributed by atoms with Crippen molar-refractivity contribution in [2.45, 2.75) is 24.5 Å². The van der Waals surface area contributed by atoms with Gasteiger partial charge in [-0.15, -0.1) is 11.3 Å². The molecule has 3 aromatic rings. The highest BCUT2D eigenvalue weighted by Crippen LogP contribution is 2.30. The van der Waals surface area contributed by atoms with Crippen molar-refractivity contribution in [3.8, 4) is 0 Å². The van der Waals surface area contributed by atoms with Gasteiger partial charge in [-0.1, -0.05) is 25.4 Å². The molecule has 2 aromatic carbocycles. The van der Waals surface area contributed by atoms with Crippen LogP contribution in [-0.4, -0.2) is 25.5 Å². The van der Waals surface area contributed by atoms with E-state index in [1.54, 1.807) is 24.3 Å². The topological polar surface area (TPSA) is 73.5 Å². The molecule has 1 aliphatic heterocycles. The Balaban J connectivity index is 0.00000149. The number of urea groups is 1. The molecule has 3 amide bonds. The van der Waals surface area contributed by atoms with Gasteiger partial charge in [0.2, 0.25) is 0 Å². The fourth-order valence-electron chi connectivity index (χ4n) is 3.28. The molecule has 0 bridgehead atoms. The van der Waals surface area contributed by atoms with E-state index in [1.807, 2.05) is 33.0 Å². The molecule has 2 heterocycles. The molecule has 6 nitrogen and oxygen atoms in total. The number of carbonyl (C=O) groups is 2. The molecular weight excluding hydrogens is 483 g/mol. The lowest BCUT2D eigenvalue weighted by Crippen LogP contribution is -2.38. The zero-order valence-corrected chi connectivity index (χ0v) is 20.8. The van der Waals surface area contributed by atoms with Crippen molar-refractivity contribution in [3.05, 3.63) is 69.8 Å². The summed E-state index contributed by atoms with van der Waals surface area (Å²) in [5, 5.41) is 5.63. The third-order valence-corrected chi connectivity index (χ3v) is 6.91. The van der Waals surface area contributed by atoms with Gasteiger partial charge in [-0.25, -0.2) is 9.18 Å². The average molecular weight is 507 g/mol. The lowest BCUT2D eigenvalue weighted by molar-refractivity contribution is 0.0979. The standard InChI is InChI=1S/C21H18ClFN4O2S2.C2H6/c1-24-13-2-4-15-12(10-13)8-9-27(20(15)28)17-5-3-14(11-16(17)23)25-21(29)26-31-19-7-6-18(22)30-19;1-2/h2-7,10-11,24H,8-9H2,1H3,(H2,25,26,29);1-2H3. The molecule has 0 atom stereocenters. The molecular formula is C23H24ClFN4O2S2. The average Bonchev–Trinajstić information content (AvgIpc) is 3.25. The van der Waals surface area contributed by atoms with Crippen molar-refractivity contribution in [3.63, 3.8) is 0 Å². The zero-order valence-electron chi connectivity index (χ0n) is 18.4. The van der Waals surface area contributed by atoms with Crippen LogP contribution in [0.3, 0.4) is 0 Å². The van der Waals surface area contributed by atoms with Crippen molar-refractivity contribution >= 4 is 63.9 Å². The Morgan fingerprint density at radius 1 is 1.12 bits per heavy atom. The molecule has 0 spiro atoms. The van der Waals surface area contributed by atoms with E-state index in [4.69, 9.17) is 11.6 Å². The molecule has 3 N–H and O–H groups in total. The molecule has 1 aliphatic rings. The molecule has 0 aliphatic carbocycles. The Hall–Kier alpha value is -2.75. The number of carbonyl (C=O) groups excluding carboxylic acids is 2. The minimum Gasteiger partial charge on any atom is -0.388 e. The van der Waals surface area contributed by atoms with Gasteiger partial charge in [0, 0.05) is 30.5 Å². The molecule has 0 unspecified atom stereocenters. The van der Waals surface area contributed by atoms with Crippen LogP contribution in [0.1, 0.15) is 29.8 Å². The van der Waals surface area contributed by atoms with Gasteiger partial charge in [0.05, 0.1) is 14.2 Å². The molecule has 1 aromatic heterocycles. The van der Waals surface area contributed by atoms with E-state index in [9.17, 15) is 14.0 Å². The van der Waals surface area contributed by atoms with Crippen molar-refractivity contribution in [2.75, 3.05) is 29.1 Å². The van der Waals surface area contributed by atoms with Gasteiger partial charge in [-0.3, -0.25) is 9.52 Å². The van der Waals surface area contributed by atoms with Crippen LogP contribution in [0.25, 0.3) is 0 Å². The Morgan fingerprint density at radius 2 is 1.88 bits per heavy atom. The highest BCUT2D eigenvalue weighted by molar-refractivity contribution is 7.99. The smallest absolute Gasteiger partial charge is 0.329 e. The van der Waals surface area contributed by atoms with Gasteiger partial charge in [-0.05, 0) is 72.5 Å². The van der Waals surface area contributed by atoms with Crippen molar-refractivity contribution in [1.82, 2.24) is 4.72 Å². The first kappa shape index (κ1) is 24.9. The second-order valence-corrected chi connectivity index (χ2v) is 9.53. The maximum absolute atomic E-state index is 14.8. The number of benzene rings is 2. The number of hydrogen-bond acceptors (Lipinski definition) is 5. The van der Waals surface area contributed by atoms with Crippen LogP contribution < -0.4 is 20.3 Å². The third-order valence-electron chi connectivity index (χ3n) is 4.76. The van der Waals surface area contributed by atoms with Crippen LogP contribution >= 0.6 is 34.9 Å². The van der Waals surface area contributed by atoms with Crippen molar-refractivity contribution < 1.29 is 14.0 Å². The Kier molecular flexibility index (Phi) is 8.60. The summed E-state index contributed by atoms with van der Waals surface area (Å²) in [6.07, 6.45) is 0.627. The number of fused-ring (bicyclic) bond motifs is 1. The maximum atomic E-state index is 14.8. The second-order valence-electron chi connectivity index (χ2n) is 6.71. The summed E-state index contributed by atoms with van der Waals surface area (Å²) in [6.45, 7) is 4.38. The van der Waals surface area contributed by atoms with Gasteiger partial charge in [-0.2, -0.15) is 0 Å². The van der Waals surface area contributed by atoms with E-state index in [1.165, 1.54) is 28.4 Å². The highest BCUT2D eigenvalue weighted by Gasteiger charge is 2.27. The fourth-order valence-corrected chi connectivity index (χ4v) is 5.14. The molecule has 174 valence electrons. The number of rotatable bonds is 5. The number of halogens is 2. The molecule has 0 saturated heterocycles. The first-order valence-electron chi connectivity index (χ1n) is 10.4. The summed E-state index contributed by atoms with van der Waals surface area (Å²) in [5.41, 5.74) is 2.90. The number of thiophene rings is 1. The number of anilines is 3. The number of amides is 3. The van der Waals surface area contributed by atoms with Crippen LogP contribution in [0.5, 0.6) is 0 Å². The van der Waals surface area contributed by atoms with E-state index >= 15 is 0 Å². The summed E-state index contributed by atoms with van der Waals surface area (Å²) >= 11 is 8.31. The largest absolute Gasteiger partial charge is 0.388 e. The van der Waals surface area contributed by atoms with E-state index in [0.717, 1.165) is 27.4 Å². The lowest BCUT2D eigenvalue weighted by atomic mass is 9.97. The third kappa shape index (κ3) is 5.98. The maximum Gasteiger partial charge on any atom is 0.329 e. The van der Waals surface area contributed by atoms with E-state index in [2.05, 4.69) is 15.4 Å². The fraction of sp³-hybridized carbons (Fsp3) is 0.217. The van der Waals surface area contributed by atoms with Crippen LogP contribution in [0.2, 0.25) is 4.34 Å². The molecule has 0 fully saturated rings. The monoisotopic (exact) mass is 506 g/mol. The van der Waals surface area contributed by atoms with Gasteiger partial charge in [0.1, 0.15) is 5.82 Å². The first-order valence-corrected chi connectivity index (χ1v) is 12.4. The number of nitrogens with one attached hydrogen (secondary N) is 3.